The van der Waals surface area contributed by atoms with E-state index in [4.69, 9.17) is 0 Å². The molecule has 3 heteroatoms. The van der Waals surface area contributed by atoms with E-state index in [9.17, 15) is 0 Å². The molecular weight excluding hydrogens is 216 g/mol. The summed E-state index contributed by atoms with van der Waals surface area (Å²) in [5.74, 6) is 1.25. The van der Waals surface area contributed by atoms with E-state index in [0.717, 1.165) is 19.5 Å². The molecule has 16 heavy (non-hydrogen) atoms. The molecule has 1 aliphatic rings. The molecule has 0 saturated carbocycles. The van der Waals surface area contributed by atoms with Crippen molar-refractivity contribution >= 4 is 17.6 Å². The van der Waals surface area contributed by atoms with Gasteiger partial charge in [-0.2, -0.15) is 11.8 Å². The van der Waals surface area contributed by atoms with Gasteiger partial charge in [0.2, 0.25) is 0 Å². The molecule has 0 fully saturated rings. The molecule has 0 radical (unpaired) electrons. The van der Waals surface area contributed by atoms with Gasteiger partial charge >= 0.3 is 0 Å². The molecule has 0 saturated heterocycles. The monoisotopic (exact) mass is 242 g/mol. The van der Waals surface area contributed by atoms with Crippen LogP contribution in [-0.2, 0) is 0 Å². The topological polar surface area (TPSA) is 24.4 Å². The van der Waals surface area contributed by atoms with Crippen molar-refractivity contribution in [2.75, 3.05) is 19.3 Å². The van der Waals surface area contributed by atoms with E-state index in [0.29, 0.717) is 4.75 Å². The van der Waals surface area contributed by atoms with E-state index < -0.39 is 0 Å². The first kappa shape index (κ1) is 13.9. The van der Waals surface area contributed by atoms with Crippen molar-refractivity contribution in [2.45, 2.75) is 57.1 Å². The van der Waals surface area contributed by atoms with Gasteiger partial charge in [0.1, 0.15) is 0 Å². The van der Waals surface area contributed by atoms with Gasteiger partial charge in [-0.1, -0.05) is 20.3 Å². The number of nitrogens with one attached hydrogen (secondary N) is 1. The third-order valence-corrected chi connectivity index (χ3v) is 5.30. The lowest BCUT2D eigenvalue weighted by Gasteiger charge is -2.30. The molecular formula is C13H26N2S. The smallest absolute Gasteiger partial charge is 0.0963 e. The molecule has 0 aliphatic carbocycles. The van der Waals surface area contributed by atoms with Crippen LogP contribution in [0.4, 0.5) is 0 Å². The van der Waals surface area contributed by atoms with Gasteiger partial charge in [-0.25, -0.2) is 0 Å². The number of amidine groups is 1. The molecule has 0 aromatic heterocycles. The highest BCUT2D eigenvalue weighted by Crippen LogP contribution is 2.29. The second-order valence-electron chi connectivity index (χ2n) is 4.59. The van der Waals surface area contributed by atoms with Gasteiger partial charge < -0.3 is 5.32 Å². The predicted molar refractivity (Wildman–Crippen MR) is 75.6 cm³/mol. The van der Waals surface area contributed by atoms with E-state index in [1.165, 1.54) is 37.9 Å². The maximum Gasteiger partial charge on any atom is 0.0963 e. The maximum absolute atomic E-state index is 4.63. The zero-order valence-electron chi connectivity index (χ0n) is 11.0. The Kier molecular flexibility index (Phi) is 6.25. The standard InChI is InChI=1S/C13H26N2S/c1-4-13(5-2,16-3)11-15-12-9-7-6-8-10-14-12/h4-11H2,1-3H3,(H,14,15). The van der Waals surface area contributed by atoms with Crippen LogP contribution in [0.25, 0.3) is 0 Å². The van der Waals surface area contributed by atoms with Crippen LogP contribution in [0, 0.1) is 0 Å². The highest BCUT2D eigenvalue weighted by molar-refractivity contribution is 8.00. The molecule has 1 N–H and O–H groups in total. The van der Waals surface area contributed by atoms with Crippen molar-refractivity contribution in [3.63, 3.8) is 0 Å². The summed E-state index contributed by atoms with van der Waals surface area (Å²) in [5, 5.41) is 3.58. The van der Waals surface area contributed by atoms with Gasteiger partial charge in [0.15, 0.2) is 0 Å². The van der Waals surface area contributed by atoms with Crippen molar-refractivity contribution in [1.29, 1.82) is 0 Å². The summed E-state index contributed by atoms with van der Waals surface area (Å²) in [6.45, 7) is 6.67. The van der Waals surface area contributed by atoms with Gasteiger partial charge in [0.05, 0.1) is 5.84 Å². The lowest BCUT2D eigenvalue weighted by Crippen LogP contribution is -2.39. The van der Waals surface area contributed by atoms with Crippen LogP contribution in [0.15, 0.2) is 4.99 Å². The molecule has 0 aromatic carbocycles. The summed E-state index contributed by atoms with van der Waals surface area (Å²) < 4.78 is 0.398. The molecule has 2 nitrogen and oxygen atoms in total. The lowest BCUT2D eigenvalue weighted by atomic mass is 10.0. The fourth-order valence-corrected chi connectivity index (χ4v) is 2.94. The molecule has 0 aromatic rings. The van der Waals surface area contributed by atoms with Crippen LogP contribution in [-0.4, -0.2) is 29.9 Å². The SMILES string of the molecule is CCC(CC)(CNC1=NCCCCC1)SC. The fourth-order valence-electron chi connectivity index (χ4n) is 2.14. The van der Waals surface area contributed by atoms with Crippen molar-refractivity contribution < 1.29 is 0 Å². The first-order valence-corrected chi connectivity index (χ1v) is 7.81. The second-order valence-corrected chi connectivity index (χ2v) is 5.86. The number of rotatable bonds is 5. The molecule has 94 valence electrons. The molecule has 0 bridgehead atoms. The average Bonchev–Trinajstić information content (AvgIpc) is 2.60. The summed E-state index contributed by atoms with van der Waals surface area (Å²) in [7, 11) is 0. The average molecular weight is 242 g/mol. The van der Waals surface area contributed by atoms with Gasteiger partial charge in [-0.3, -0.25) is 4.99 Å². The summed E-state index contributed by atoms with van der Waals surface area (Å²) in [6.07, 6.45) is 9.73. The molecule has 0 unspecified atom stereocenters. The van der Waals surface area contributed by atoms with Crippen molar-refractivity contribution in [1.82, 2.24) is 5.32 Å². The summed E-state index contributed by atoms with van der Waals surface area (Å²) >= 11 is 1.99. The quantitative estimate of drug-likeness (QED) is 0.798. The predicted octanol–water partition coefficient (Wildman–Crippen LogP) is 3.47. The van der Waals surface area contributed by atoms with Gasteiger partial charge in [0.25, 0.3) is 0 Å². The van der Waals surface area contributed by atoms with Crippen LogP contribution in [0.5, 0.6) is 0 Å². The minimum atomic E-state index is 0.398. The Morgan fingerprint density at radius 3 is 2.62 bits per heavy atom. The Morgan fingerprint density at radius 1 is 1.25 bits per heavy atom. The molecule has 0 amide bonds. The van der Waals surface area contributed by atoms with Crippen molar-refractivity contribution in [2.24, 2.45) is 4.99 Å². The Balaban J connectivity index is 2.44. The Hall–Kier alpha value is -0.180. The molecule has 0 atom stereocenters. The molecule has 0 spiro atoms. The minimum Gasteiger partial charge on any atom is -0.372 e. The van der Waals surface area contributed by atoms with E-state index >= 15 is 0 Å². The van der Waals surface area contributed by atoms with E-state index in [2.05, 4.69) is 30.4 Å². The fraction of sp³-hybridized carbons (Fsp3) is 0.923. The summed E-state index contributed by atoms with van der Waals surface area (Å²) in [4.78, 5) is 4.63. The third-order valence-electron chi connectivity index (χ3n) is 3.71. The molecule has 1 rings (SSSR count). The van der Waals surface area contributed by atoms with Crippen LogP contribution >= 0.6 is 11.8 Å². The number of aliphatic imine (C=N–C) groups is 1. The van der Waals surface area contributed by atoms with Crippen LogP contribution in [0.2, 0.25) is 0 Å². The van der Waals surface area contributed by atoms with Gasteiger partial charge in [0, 0.05) is 24.3 Å². The number of hydrogen-bond acceptors (Lipinski definition) is 3. The van der Waals surface area contributed by atoms with Crippen molar-refractivity contribution in [3.8, 4) is 0 Å². The second kappa shape index (κ2) is 7.21. The normalized spacial score (nSPS) is 17.8. The maximum atomic E-state index is 4.63. The van der Waals surface area contributed by atoms with Gasteiger partial charge in [-0.05, 0) is 31.9 Å². The van der Waals surface area contributed by atoms with E-state index in [-0.39, 0.29) is 0 Å². The minimum absolute atomic E-state index is 0.398. The largest absolute Gasteiger partial charge is 0.372 e. The summed E-state index contributed by atoms with van der Waals surface area (Å²) in [6, 6.07) is 0. The Morgan fingerprint density at radius 2 is 2.00 bits per heavy atom. The van der Waals surface area contributed by atoms with Crippen molar-refractivity contribution in [3.05, 3.63) is 0 Å². The zero-order valence-corrected chi connectivity index (χ0v) is 11.8. The molecule has 1 aliphatic heterocycles. The Labute approximate surface area is 105 Å². The third kappa shape index (κ3) is 4.00. The van der Waals surface area contributed by atoms with Crippen LogP contribution in [0.3, 0.4) is 0 Å². The number of hydrogen-bond donors (Lipinski definition) is 1. The molecule has 1 heterocycles. The number of nitrogens with zero attached hydrogens (tertiary/aromatic N) is 1. The van der Waals surface area contributed by atoms with E-state index in [1.54, 1.807) is 0 Å². The highest BCUT2D eigenvalue weighted by atomic mass is 32.2. The van der Waals surface area contributed by atoms with Crippen LogP contribution in [0.1, 0.15) is 52.4 Å². The highest BCUT2D eigenvalue weighted by Gasteiger charge is 2.24. The summed E-state index contributed by atoms with van der Waals surface area (Å²) in [5.41, 5.74) is 0. The number of thioether (sulfide) groups is 1. The zero-order chi connectivity index (χ0) is 11.9. The lowest BCUT2D eigenvalue weighted by molar-refractivity contribution is 0.534. The first-order chi connectivity index (χ1) is 7.76. The van der Waals surface area contributed by atoms with E-state index in [1.807, 2.05) is 11.8 Å². The first-order valence-electron chi connectivity index (χ1n) is 6.58. The Bertz CT molecular complexity index is 214. The van der Waals surface area contributed by atoms with Crippen LogP contribution < -0.4 is 5.32 Å². The van der Waals surface area contributed by atoms with Gasteiger partial charge in [-0.15, -0.1) is 0 Å².